The van der Waals surface area contributed by atoms with E-state index in [1.165, 1.54) is 6.42 Å². The minimum absolute atomic E-state index is 0.00950. The molecule has 33 heavy (non-hydrogen) atoms. The highest BCUT2D eigenvalue weighted by Crippen LogP contribution is 2.50. The van der Waals surface area contributed by atoms with Crippen molar-refractivity contribution in [3.63, 3.8) is 0 Å². The Labute approximate surface area is 195 Å². The number of hydrogen-bond donors (Lipinski definition) is 1. The normalized spacial score (nSPS) is 27.2. The van der Waals surface area contributed by atoms with Gasteiger partial charge in [-0.3, -0.25) is 14.5 Å². The van der Waals surface area contributed by atoms with E-state index in [-0.39, 0.29) is 42.0 Å². The molecular weight excluding hydrogens is 414 g/mol. The van der Waals surface area contributed by atoms with E-state index in [0.717, 1.165) is 37.2 Å². The summed E-state index contributed by atoms with van der Waals surface area (Å²) in [7, 11) is 0. The summed E-state index contributed by atoms with van der Waals surface area (Å²) in [4.78, 5) is 31.2. The van der Waals surface area contributed by atoms with Gasteiger partial charge in [-0.05, 0) is 43.9 Å². The van der Waals surface area contributed by atoms with E-state index in [1.54, 1.807) is 0 Å². The molecule has 4 atom stereocenters. The molecule has 1 aromatic carbocycles. The number of allylic oxidation sites excluding steroid dienone is 1. The smallest absolute Gasteiger partial charge is 0.258 e. The van der Waals surface area contributed by atoms with Gasteiger partial charge in [-0.2, -0.15) is 0 Å². The molecule has 0 unspecified atom stereocenters. The third kappa shape index (κ3) is 3.85. The zero-order valence-electron chi connectivity index (χ0n) is 19.3. The van der Waals surface area contributed by atoms with Crippen LogP contribution in [0, 0.1) is 11.8 Å². The SMILES string of the molecule is C/C=C/c1ccc2n(c1=O)C[C@@H]1[C@@H](CO)[C@H](C(=O)N3CCCCC3)N(Cc3ccccc3)[C@H]21. The van der Waals surface area contributed by atoms with Crippen molar-refractivity contribution < 1.29 is 9.90 Å². The van der Waals surface area contributed by atoms with Crippen LogP contribution in [0.25, 0.3) is 6.08 Å². The number of carbonyl (C=O) groups is 1. The highest BCUT2D eigenvalue weighted by Gasteiger charge is 2.56. The number of aliphatic hydroxyl groups excluding tert-OH is 1. The van der Waals surface area contributed by atoms with Crippen molar-refractivity contribution in [3.8, 4) is 0 Å². The van der Waals surface area contributed by atoms with Gasteiger partial charge in [0, 0.05) is 55.9 Å². The van der Waals surface area contributed by atoms with Gasteiger partial charge in [0.2, 0.25) is 5.91 Å². The molecule has 0 aliphatic carbocycles. The molecule has 2 aromatic rings. The topological polar surface area (TPSA) is 65.8 Å². The monoisotopic (exact) mass is 447 g/mol. The number of aromatic nitrogens is 1. The Morgan fingerprint density at radius 3 is 2.55 bits per heavy atom. The number of benzene rings is 1. The van der Waals surface area contributed by atoms with Gasteiger partial charge in [0.25, 0.3) is 5.56 Å². The summed E-state index contributed by atoms with van der Waals surface area (Å²) in [5.74, 6) is -0.0258. The summed E-state index contributed by atoms with van der Waals surface area (Å²) in [6.45, 7) is 4.61. The number of aliphatic hydroxyl groups is 1. The third-order valence-electron chi connectivity index (χ3n) is 7.70. The Hall–Kier alpha value is -2.70. The molecule has 0 bridgehead atoms. The summed E-state index contributed by atoms with van der Waals surface area (Å²) < 4.78 is 1.87. The number of amides is 1. The van der Waals surface area contributed by atoms with Crippen LogP contribution in [0.3, 0.4) is 0 Å². The van der Waals surface area contributed by atoms with Gasteiger partial charge < -0.3 is 14.6 Å². The summed E-state index contributed by atoms with van der Waals surface area (Å²) in [6, 6.07) is 13.7. The lowest BCUT2D eigenvalue weighted by Gasteiger charge is -2.36. The second-order valence-corrected chi connectivity index (χ2v) is 9.57. The number of piperidine rings is 1. The molecule has 2 saturated heterocycles. The van der Waals surface area contributed by atoms with E-state index in [0.29, 0.717) is 18.7 Å². The van der Waals surface area contributed by atoms with Crippen molar-refractivity contribution >= 4 is 12.0 Å². The van der Waals surface area contributed by atoms with Crippen LogP contribution in [0.1, 0.15) is 49.0 Å². The molecule has 6 heteroatoms. The van der Waals surface area contributed by atoms with Crippen LogP contribution in [0.15, 0.2) is 53.3 Å². The molecular formula is C27H33N3O3. The first-order chi connectivity index (χ1) is 16.1. The fraction of sp³-hybridized carbons (Fsp3) is 0.481. The summed E-state index contributed by atoms with van der Waals surface area (Å²) in [5, 5.41) is 10.5. The second kappa shape index (κ2) is 9.27. The standard InChI is InChI=1S/C27H33N3O3/c1-2-9-20-12-13-23-24-21(17-29(23)26(20)32)22(18-31)25(27(33)28-14-7-4-8-15-28)30(24)16-19-10-5-3-6-11-19/h2-3,5-6,9-13,21-22,24-25,31H,4,7-8,14-18H2,1H3/b9-2+/t21-,22-,24+,25-/m1/s1. The average Bonchev–Trinajstić information content (AvgIpc) is 3.37. The molecule has 0 radical (unpaired) electrons. The number of rotatable bonds is 5. The summed E-state index contributed by atoms with van der Waals surface area (Å²) >= 11 is 0. The van der Waals surface area contributed by atoms with Gasteiger partial charge in [0.15, 0.2) is 0 Å². The lowest BCUT2D eigenvalue weighted by molar-refractivity contribution is -0.139. The predicted octanol–water partition coefficient (Wildman–Crippen LogP) is 3.06. The van der Waals surface area contributed by atoms with Crippen molar-refractivity contribution in [1.29, 1.82) is 0 Å². The van der Waals surface area contributed by atoms with Crippen LogP contribution in [0.2, 0.25) is 0 Å². The van der Waals surface area contributed by atoms with Crippen molar-refractivity contribution in [1.82, 2.24) is 14.4 Å². The predicted molar refractivity (Wildman–Crippen MR) is 128 cm³/mol. The first-order valence-electron chi connectivity index (χ1n) is 12.2. The highest BCUT2D eigenvalue weighted by molar-refractivity contribution is 5.83. The summed E-state index contributed by atoms with van der Waals surface area (Å²) in [6.07, 6.45) is 6.98. The molecule has 3 aliphatic heterocycles. The summed E-state index contributed by atoms with van der Waals surface area (Å²) in [5.41, 5.74) is 2.78. The van der Waals surface area contributed by atoms with Crippen LogP contribution in [-0.2, 0) is 17.9 Å². The van der Waals surface area contributed by atoms with Gasteiger partial charge in [-0.25, -0.2) is 0 Å². The average molecular weight is 448 g/mol. The highest BCUT2D eigenvalue weighted by atomic mass is 16.3. The van der Waals surface area contributed by atoms with Gasteiger partial charge >= 0.3 is 0 Å². The van der Waals surface area contributed by atoms with Gasteiger partial charge in [0.05, 0.1) is 12.1 Å². The van der Waals surface area contributed by atoms with E-state index < -0.39 is 0 Å². The maximum absolute atomic E-state index is 13.8. The van der Waals surface area contributed by atoms with Crippen molar-refractivity contribution in [2.45, 2.75) is 51.4 Å². The number of nitrogens with zero attached hydrogens (tertiary/aromatic N) is 3. The zero-order valence-corrected chi connectivity index (χ0v) is 19.3. The quantitative estimate of drug-likeness (QED) is 0.765. The lowest BCUT2D eigenvalue weighted by Crippen LogP contribution is -2.51. The second-order valence-electron chi connectivity index (χ2n) is 9.57. The largest absolute Gasteiger partial charge is 0.396 e. The number of pyridine rings is 1. The van der Waals surface area contributed by atoms with Gasteiger partial charge in [0.1, 0.15) is 0 Å². The Morgan fingerprint density at radius 1 is 1.09 bits per heavy atom. The van der Waals surface area contributed by atoms with E-state index in [1.807, 2.05) is 58.9 Å². The molecule has 4 heterocycles. The number of likely N-dealkylation sites (tertiary alicyclic amines) is 2. The number of fused-ring (bicyclic) bond motifs is 3. The van der Waals surface area contributed by atoms with Crippen LogP contribution >= 0.6 is 0 Å². The van der Waals surface area contributed by atoms with E-state index in [4.69, 9.17) is 0 Å². The minimum Gasteiger partial charge on any atom is -0.396 e. The van der Waals surface area contributed by atoms with Crippen molar-refractivity contribution in [2.24, 2.45) is 11.8 Å². The lowest BCUT2D eigenvalue weighted by atomic mass is 9.88. The molecule has 3 aliphatic rings. The molecule has 0 saturated carbocycles. The number of hydrogen-bond acceptors (Lipinski definition) is 4. The zero-order chi connectivity index (χ0) is 22.9. The maximum atomic E-state index is 13.8. The number of carbonyl (C=O) groups excluding carboxylic acids is 1. The maximum Gasteiger partial charge on any atom is 0.258 e. The Bertz CT molecular complexity index is 1090. The molecule has 174 valence electrons. The molecule has 5 rings (SSSR count). The molecule has 2 fully saturated rings. The molecule has 1 amide bonds. The van der Waals surface area contributed by atoms with Crippen LogP contribution in [0.5, 0.6) is 0 Å². The first kappa shape index (κ1) is 22.1. The first-order valence-corrected chi connectivity index (χ1v) is 12.2. The van der Waals surface area contributed by atoms with Crippen LogP contribution in [0.4, 0.5) is 0 Å². The van der Waals surface area contributed by atoms with Crippen LogP contribution in [-0.4, -0.2) is 51.1 Å². The van der Waals surface area contributed by atoms with Crippen molar-refractivity contribution in [2.75, 3.05) is 19.7 Å². The minimum atomic E-state index is -0.373. The van der Waals surface area contributed by atoms with Gasteiger partial charge in [-0.1, -0.05) is 42.5 Å². The molecule has 1 N–H and O–H groups in total. The fourth-order valence-electron chi connectivity index (χ4n) is 6.18. The van der Waals surface area contributed by atoms with Crippen molar-refractivity contribution in [3.05, 3.63) is 75.7 Å². The van der Waals surface area contributed by atoms with Crippen LogP contribution < -0.4 is 5.56 Å². The Kier molecular flexibility index (Phi) is 6.21. The fourth-order valence-corrected chi connectivity index (χ4v) is 6.18. The molecule has 1 aromatic heterocycles. The Morgan fingerprint density at radius 2 is 1.85 bits per heavy atom. The molecule has 0 spiro atoms. The van der Waals surface area contributed by atoms with E-state index >= 15 is 0 Å². The Balaban J connectivity index is 1.57. The third-order valence-corrected chi connectivity index (χ3v) is 7.70. The molecule has 6 nitrogen and oxygen atoms in total. The van der Waals surface area contributed by atoms with E-state index in [2.05, 4.69) is 17.0 Å². The van der Waals surface area contributed by atoms with Gasteiger partial charge in [-0.15, -0.1) is 0 Å². The van der Waals surface area contributed by atoms with E-state index in [9.17, 15) is 14.7 Å².